The maximum atomic E-state index is 12.6. The highest BCUT2D eigenvalue weighted by Gasteiger charge is 2.30. The number of carbonyl (C=O) groups excluding carboxylic acids is 1. The number of benzene rings is 1. The largest absolute Gasteiger partial charge is 0.497 e. The number of ketones is 1. The lowest BCUT2D eigenvalue weighted by Crippen LogP contribution is -2.31. The molecule has 1 aromatic rings. The van der Waals surface area contributed by atoms with Gasteiger partial charge >= 0.3 is 0 Å². The predicted octanol–water partition coefficient (Wildman–Crippen LogP) is 2.56. The molecule has 1 aliphatic heterocycles. The topological polar surface area (TPSA) is 44.8 Å². The van der Waals surface area contributed by atoms with Gasteiger partial charge in [0, 0.05) is 25.2 Å². The van der Waals surface area contributed by atoms with E-state index >= 15 is 0 Å². The van der Waals surface area contributed by atoms with Gasteiger partial charge in [-0.05, 0) is 24.5 Å². The highest BCUT2D eigenvalue weighted by atomic mass is 16.5. The molecule has 1 aromatic carbocycles. The van der Waals surface area contributed by atoms with E-state index < -0.39 is 0 Å². The number of hydrogen-bond donors (Lipinski definition) is 0. The molecule has 0 bridgehead atoms. The Morgan fingerprint density at radius 1 is 1.32 bits per heavy atom. The van der Waals surface area contributed by atoms with Crippen LogP contribution in [0.3, 0.4) is 0 Å². The molecule has 0 saturated carbocycles. The van der Waals surface area contributed by atoms with Crippen molar-refractivity contribution in [2.24, 2.45) is 11.8 Å². The lowest BCUT2D eigenvalue weighted by Gasteiger charge is -2.28. The maximum Gasteiger partial charge on any atom is 0.170 e. The van der Waals surface area contributed by atoms with Gasteiger partial charge in [-0.3, -0.25) is 4.79 Å². The highest BCUT2D eigenvalue weighted by Crippen LogP contribution is 2.31. The van der Waals surface area contributed by atoms with E-state index in [2.05, 4.69) is 6.92 Å². The summed E-state index contributed by atoms with van der Waals surface area (Å²) in [4.78, 5) is 12.6. The van der Waals surface area contributed by atoms with E-state index in [1.165, 1.54) is 0 Å². The number of hydrogen-bond acceptors (Lipinski definition) is 4. The van der Waals surface area contributed by atoms with Crippen molar-refractivity contribution in [3.05, 3.63) is 23.8 Å². The number of methoxy groups -OCH3 is 2. The van der Waals surface area contributed by atoms with Crippen molar-refractivity contribution in [1.29, 1.82) is 0 Å². The molecule has 4 nitrogen and oxygen atoms in total. The standard InChI is InChI=1S/C15H20O4/c1-10-9-19-7-6-12(10)15(16)13-5-4-11(17-2)8-14(13)18-3/h4-5,8,10,12H,6-7,9H2,1-3H3. The van der Waals surface area contributed by atoms with Crippen LogP contribution in [0.1, 0.15) is 23.7 Å². The normalized spacial score (nSPS) is 22.9. The molecule has 0 aromatic heterocycles. The Morgan fingerprint density at radius 3 is 2.74 bits per heavy atom. The van der Waals surface area contributed by atoms with Crippen molar-refractivity contribution in [2.75, 3.05) is 27.4 Å². The van der Waals surface area contributed by atoms with Crippen LogP contribution < -0.4 is 9.47 Å². The molecule has 1 fully saturated rings. The van der Waals surface area contributed by atoms with Gasteiger partial charge in [0.2, 0.25) is 0 Å². The van der Waals surface area contributed by atoms with E-state index in [0.29, 0.717) is 30.3 Å². The fourth-order valence-corrected chi connectivity index (χ4v) is 2.47. The van der Waals surface area contributed by atoms with Crippen LogP contribution in [0.25, 0.3) is 0 Å². The fraction of sp³-hybridized carbons (Fsp3) is 0.533. The molecule has 4 heteroatoms. The van der Waals surface area contributed by atoms with E-state index in [1.807, 2.05) is 0 Å². The van der Waals surface area contributed by atoms with Crippen LogP contribution in [-0.4, -0.2) is 33.2 Å². The Kier molecular flexibility index (Phi) is 4.43. The summed E-state index contributed by atoms with van der Waals surface area (Å²) in [6.07, 6.45) is 0.773. The SMILES string of the molecule is COc1ccc(C(=O)C2CCOCC2C)c(OC)c1. The molecule has 0 amide bonds. The van der Waals surface area contributed by atoms with Gasteiger partial charge in [-0.2, -0.15) is 0 Å². The summed E-state index contributed by atoms with van der Waals surface area (Å²) in [7, 11) is 3.16. The second-order valence-electron chi connectivity index (χ2n) is 4.88. The van der Waals surface area contributed by atoms with Gasteiger partial charge in [-0.25, -0.2) is 0 Å². The Labute approximate surface area is 113 Å². The van der Waals surface area contributed by atoms with Crippen LogP contribution in [-0.2, 0) is 4.74 Å². The quantitative estimate of drug-likeness (QED) is 0.784. The first kappa shape index (κ1) is 13.9. The molecule has 2 unspecified atom stereocenters. The third-order valence-electron chi connectivity index (χ3n) is 3.65. The van der Waals surface area contributed by atoms with Crippen molar-refractivity contribution in [1.82, 2.24) is 0 Å². The molecule has 1 aliphatic rings. The summed E-state index contributed by atoms with van der Waals surface area (Å²) < 4.78 is 15.8. The van der Waals surface area contributed by atoms with Crippen LogP contribution >= 0.6 is 0 Å². The first-order valence-corrected chi connectivity index (χ1v) is 6.51. The monoisotopic (exact) mass is 264 g/mol. The summed E-state index contributed by atoms with van der Waals surface area (Å²) in [6.45, 7) is 3.35. The molecule has 2 rings (SSSR count). The van der Waals surface area contributed by atoms with E-state index in [9.17, 15) is 4.79 Å². The minimum Gasteiger partial charge on any atom is -0.497 e. The minimum atomic E-state index is 0.0102. The summed E-state index contributed by atoms with van der Waals surface area (Å²) in [5.74, 6) is 1.65. The summed E-state index contributed by atoms with van der Waals surface area (Å²) in [6, 6.07) is 5.32. The van der Waals surface area contributed by atoms with Crippen LogP contribution in [0, 0.1) is 11.8 Å². The fourth-order valence-electron chi connectivity index (χ4n) is 2.47. The van der Waals surface area contributed by atoms with Crippen LogP contribution in [0.5, 0.6) is 11.5 Å². The molecule has 0 radical (unpaired) electrons. The van der Waals surface area contributed by atoms with Crippen molar-refractivity contribution < 1.29 is 19.0 Å². The second-order valence-corrected chi connectivity index (χ2v) is 4.88. The zero-order chi connectivity index (χ0) is 13.8. The first-order chi connectivity index (χ1) is 9.17. The van der Waals surface area contributed by atoms with Gasteiger partial charge in [-0.15, -0.1) is 0 Å². The number of Topliss-reactive ketones (excluding diaryl/α,β-unsaturated/α-hetero) is 1. The number of carbonyl (C=O) groups is 1. The van der Waals surface area contributed by atoms with Gasteiger partial charge in [0.25, 0.3) is 0 Å². The van der Waals surface area contributed by atoms with E-state index in [-0.39, 0.29) is 17.6 Å². The average molecular weight is 264 g/mol. The smallest absolute Gasteiger partial charge is 0.170 e. The van der Waals surface area contributed by atoms with Gasteiger partial charge in [0.05, 0.1) is 19.8 Å². The molecular weight excluding hydrogens is 244 g/mol. The zero-order valence-corrected chi connectivity index (χ0v) is 11.6. The van der Waals surface area contributed by atoms with Crippen LogP contribution in [0.15, 0.2) is 18.2 Å². The summed E-state index contributed by atoms with van der Waals surface area (Å²) >= 11 is 0. The third-order valence-corrected chi connectivity index (χ3v) is 3.65. The lowest BCUT2D eigenvalue weighted by molar-refractivity contribution is 0.0240. The van der Waals surface area contributed by atoms with Gasteiger partial charge in [0.1, 0.15) is 11.5 Å². The Bertz CT molecular complexity index is 455. The van der Waals surface area contributed by atoms with Crippen molar-refractivity contribution in [2.45, 2.75) is 13.3 Å². The molecule has 0 aliphatic carbocycles. The number of rotatable bonds is 4. The molecule has 1 saturated heterocycles. The Morgan fingerprint density at radius 2 is 2.11 bits per heavy atom. The average Bonchev–Trinajstić information content (AvgIpc) is 2.46. The molecule has 0 N–H and O–H groups in total. The van der Waals surface area contributed by atoms with Gasteiger partial charge in [-0.1, -0.05) is 6.92 Å². The molecule has 2 atom stereocenters. The molecule has 1 heterocycles. The van der Waals surface area contributed by atoms with Crippen LogP contribution in [0.4, 0.5) is 0 Å². The Balaban J connectivity index is 2.27. The van der Waals surface area contributed by atoms with E-state index in [1.54, 1.807) is 32.4 Å². The zero-order valence-electron chi connectivity index (χ0n) is 11.6. The van der Waals surface area contributed by atoms with E-state index in [0.717, 1.165) is 6.42 Å². The van der Waals surface area contributed by atoms with Crippen molar-refractivity contribution in [3.8, 4) is 11.5 Å². The van der Waals surface area contributed by atoms with E-state index in [4.69, 9.17) is 14.2 Å². The molecular formula is C15H20O4. The predicted molar refractivity (Wildman–Crippen MR) is 72.0 cm³/mol. The lowest BCUT2D eigenvalue weighted by atomic mass is 9.83. The summed E-state index contributed by atoms with van der Waals surface area (Å²) in [5, 5.41) is 0. The third kappa shape index (κ3) is 2.89. The van der Waals surface area contributed by atoms with Crippen LogP contribution in [0.2, 0.25) is 0 Å². The number of ether oxygens (including phenoxy) is 3. The maximum absolute atomic E-state index is 12.6. The highest BCUT2D eigenvalue weighted by molar-refractivity contribution is 6.00. The minimum absolute atomic E-state index is 0.0102. The second kappa shape index (κ2) is 6.06. The van der Waals surface area contributed by atoms with Crippen molar-refractivity contribution >= 4 is 5.78 Å². The Hall–Kier alpha value is -1.55. The van der Waals surface area contributed by atoms with Gasteiger partial charge < -0.3 is 14.2 Å². The van der Waals surface area contributed by atoms with Gasteiger partial charge in [0.15, 0.2) is 5.78 Å². The molecule has 104 valence electrons. The summed E-state index contributed by atoms with van der Waals surface area (Å²) in [5.41, 5.74) is 0.627. The molecule has 0 spiro atoms. The molecule has 19 heavy (non-hydrogen) atoms. The van der Waals surface area contributed by atoms with Crippen molar-refractivity contribution in [3.63, 3.8) is 0 Å². The first-order valence-electron chi connectivity index (χ1n) is 6.51.